The lowest BCUT2D eigenvalue weighted by molar-refractivity contribution is -0.137. The quantitative estimate of drug-likeness (QED) is 0.575. The van der Waals surface area contributed by atoms with Crippen molar-refractivity contribution in [3.8, 4) is 5.75 Å². The SMILES string of the molecule is CC(C)CN(CC1CN(CC(O)COC(C)(C)C)CCO1)C(=O)COc1ccccc1. The zero-order valence-corrected chi connectivity index (χ0v) is 19.8. The van der Waals surface area contributed by atoms with Crippen molar-refractivity contribution >= 4 is 5.91 Å². The Morgan fingerprint density at radius 2 is 2.00 bits per heavy atom. The van der Waals surface area contributed by atoms with Gasteiger partial charge in [0.2, 0.25) is 0 Å². The van der Waals surface area contributed by atoms with Crippen LogP contribution in [-0.2, 0) is 14.3 Å². The van der Waals surface area contributed by atoms with Crippen molar-refractivity contribution < 1.29 is 24.1 Å². The third-order valence-corrected chi connectivity index (χ3v) is 4.87. The molecule has 1 N–H and O–H groups in total. The Balaban J connectivity index is 1.85. The Morgan fingerprint density at radius 1 is 1.29 bits per heavy atom. The van der Waals surface area contributed by atoms with E-state index in [-0.39, 0.29) is 24.2 Å². The van der Waals surface area contributed by atoms with E-state index >= 15 is 0 Å². The van der Waals surface area contributed by atoms with Crippen LogP contribution in [0.3, 0.4) is 0 Å². The lowest BCUT2D eigenvalue weighted by atomic mass is 10.1. The molecule has 0 saturated carbocycles. The summed E-state index contributed by atoms with van der Waals surface area (Å²) in [5.74, 6) is 0.987. The van der Waals surface area contributed by atoms with Crippen molar-refractivity contribution in [2.75, 3.05) is 52.5 Å². The van der Waals surface area contributed by atoms with E-state index in [2.05, 4.69) is 18.7 Å². The molecule has 2 unspecified atom stereocenters. The van der Waals surface area contributed by atoms with Gasteiger partial charge in [0.1, 0.15) is 5.75 Å². The number of carbonyl (C=O) groups excluding carboxylic acids is 1. The highest BCUT2D eigenvalue weighted by Gasteiger charge is 2.27. The number of morpholine rings is 1. The summed E-state index contributed by atoms with van der Waals surface area (Å²) in [4.78, 5) is 16.9. The van der Waals surface area contributed by atoms with Gasteiger partial charge in [0.05, 0.1) is 31.0 Å². The molecule has 31 heavy (non-hydrogen) atoms. The molecular formula is C24H40N2O5. The van der Waals surface area contributed by atoms with Crippen LogP contribution in [0.5, 0.6) is 5.75 Å². The zero-order chi connectivity index (χ0) is 22.9. The highest BCUT2D eigenvalue weighted by molar-refractivity contribution is 5.77. The van der Waals surface area contributed by atoms with Crippen LogP contribution < -0.4 is 4.74 Å². The summed E-state index contributed by atoms with van der Waals surface area (Å²) in [6.45, 7) is 14.2. The molecular weight excluding hydrogens is 396 g/mol. The van der Waals surface area contributed by atoms with E-state index in [9.17, 15) is 9.90 Å². The number of hydrogen-bond acceptors (Lipinski definition) is 6. The molecule has 0 aliphatic carbocycles. The number of aliphatic hydroxyl groups is 1. The summed E-state index contributed by atoms with van der Waals surface area (Å²) in [5.41, 5.74) is -0.270. The minimum absolute atomic E-state index is 0.00994. The van der Waals surface area contributed by atoms with Gasteiger partial charge >= 0.3 is 0 Å². The van der Waals surface area contributed by atoms with Gasteiger partial charge in [-0.2, -0.15) is 0 Å². The van der Waals surface area contributed by atoms with Gasteiger partial charge < -0.3 is 24.2 Å². The van der Waals surface area contributed by atoms with Gasteiger partial charge in [0.25, 0.3) is 5.91 Å². The van der Waals surface area contributed by atoms with Crippen LogP contribution in [0.2, 0.25) is 0 Å². The van der Waals surface area contributed by atoms with Crippen LogP contribution in [0.1, 0.15) is 34.6 Å². The number of nitrogens with zero attached hydrogens (tertiary/aromatic N) is 2. The normalized spacial score (nSPS) is 18.7. The van der Waals surface area contributed by atoms with Crippen molar-refractivity contribution in [2.45, 2.75) is 52.4 Å². The van der Waals surface area contributed by atoms with Crippen LogP contribution in [0, 0.1) is 5.92 Å². The number of carbonyl (C=O) groups is 1. The summed E-state index contributed by atoms with van der Waals surface area (Å²) in [7, 11) is 0. The van der Waals surface area contributed by atoms with Crippen LogP contribution in [0.25, 0.3) is 0 Å². The molecule has 1 aliphatic rings. The number of ether oxygens (including phenoxy) is 3. The van der Waals surface area contributed by atoms with Gasteiger partial charge in [0, 0.05) is 32.7 Å². The largest absolute Gasteiger partial charge is 0.484 e. The average molecular weight is 437 g/mol. The maximum atomic E-state index is 12.8. The molecule has 1 aromatic rings. The minimum atomic E-state index is -0.550. The molecule has 1 heterocycles. The minimum Gasteiger partial charge on any atom is -0.484 e. The maximum Gasteiger partial charge on any atom is 0.260 e. The van der Waals surface area contributed by atoms with Gasteiger partial charge in [-0.25, -0.2) is 0 Å². The highest BCUT2D eigenvalue weighted by atomic mass is 16.5. The number of amides is 1. The molecule has 1 fully saturated rings. The summed E-state index contributed by atoms with van der Waals surface area (Å²) in [6.07, 6.45) is -0.644. The Kier molecular flexibility index (Phi) is 10.2. The first kappa shape index (κ1) is 25.6. The van der Waals surface area contributed by atoms with Crippen LogP contribution >= 0.6 is 0 Å². The Labute approximate surface area is 187 Å². The van der Waals surface area contributed by atoms with E-state index in [1.807, 2.05) is 56.0 Å². The molecule has 0 spiro atoms. The molecule has 7 nitrogen and oxygen atoms in total. The van der Waals surface area contributed by atoms with Crippen molar-refractivity contribution in [2.24, 2.45) is 5.92 Å². The van der Waals surface area contributed by atoms with E-state index in [1.165, 1.54) is 0 Å². The first-order valence-electron chi connectivity index (χ1n) is 11.2. The summed E-state index contributed by atoms with van der Waals surface area (Å²) in [5, 5.41) is 10.3. The monoisotopic (exact) mass is 436 g/mol. The fourth-order valence-corrected chi connectivity index (χ4v) is 3.47. The molecule has 176 valence electrons. The molecule has 0 radical (unpaired) electrons. The molecule has 1 aromatic carbocycles. The molecule has 1 saturated heterocycles. The average Bonchev–Trinajstić information content (AvgIpc) is 2.70. The third-order valence-electron chi connectivity index (χ3n) is 4.87. The van der Waals surface area contributed by atoms with Crippen molar-refractivity contribution in [3.63, 3.8) is 0 Å². The predicted molar refractivity (Wildman–Crippen MR) is 121 cm³/mol. The second-order valence-corrected chi connectivity index (χ2v) is 9.62. The smallest absolute Gasteiger partial charge is 0.260 e. The Hall–Kier alpha value is -1.67. The van der Waals surface area contributed by atoms with Gasteiger partial charge in [-0.3, -0.25) is 9.69 Å². The van der Waals surface area contributed by atoms with Crippen molar-refractivity contribution in [3.05, 3.63) is 30.3 Å². The first-order valence-corrected chi connectivity index (χ1v) is 11.2. The fourth-order valence-electron chi connectivity index (χ4n) is 3.47. The third kappa shape index (κ3) is 10.5. The molecule has 1 amide bonds. The number of hydrogen-bond donors (Lipinski definition) is 1. The number of aliphatic hydroxyl groups excluding tert-OH is 1. The lowest BCUT2D eigenvalue weighted by Gasteiger charge is -2.37. The number of benzene rings is 1. The van der Waals surface area contributed by atoms with E-state index in [1.54, 1.807) is 0 Å². The first-order chi connectivity index (χ1) is 14.6. The Bertz CT molecular complexity index is 647. The molecule has 0 aromatic heterocycles. The van der Waals surface area contributed by atoms with Crippen molar-refractivity contribution in [1.82, 2.24) is 9.80 Å². The van der Waals surface area contributed by atoms with Crippen LogP contribution in [-0.4, -0.2) is 91.2 Å². The predicted octanol–water partition coefficient (Wildman–Crippen LogP) is 2.43. The second-order valence-electron chi connectivity index (χ2n) is 9.62. The summed E-state index contributed by atoms with van der Waals surface area (Å²) < 4.78 is 17.3. The van der Waals surface area contributed by atoms with Gasteiger partial charge in [-0.05, 0) is 38.8 Å². The highest BCUT2D eigenvalue weighted by Crippen LogP contribution is 2.13. The fraction of sp³-hybridized carbons (Fsp3) is 0.708. The van der Waals surface area contributed by atoms with E-state index in [0.29, 0.717) is 51.1 Å². The lowest BCUT2D eigenvalue weighted by Crippen LogP contribution is -2.52. The Morgan fingerprint density at radius 3 is 2.65 bits per heavy atom. The van der Waals surface area contributed by atoms with Gasteiger partial charge in [-0.15, -0.1) is 0 Å². The molecule has 0 bridgehead atoms. The number of β-amino-alcohol motifs (C(OH)–C–C–N with tert-alkyl or cyclic N) is 1. The zero-order valence-electron chi connectivity index (χ0n) is 19.8. The van der Waals surface area contributed by atoms with E-state index in [0.717, 1.165) is 6.54 Å². The van der Waals surface area contributed by atoms with Crippen LogP contribution in [0.4, 0.5) is 0 Å². The van der Waals surface area contributed by atoms with Crippen LogP contribution in [0.15, 0.2) is 30.3 Å². The standard InChI is InChI=1S/C24H40N2O5/c1-19(2)13-26(23(28)18-30-21-9-7-6-8-10-21)16-22-15-25(11-12-29-22)14-20(27)17-31-24(3,4)5/h6-10,19-20,22,27H,11-18H2,1-5H3. The molecule has 2 rings (SSSR count). The molecule has 1 aliphatic heterocycles. The van der Waals surface area contributed by atoms with E-state index in [4.69, 9.17) is 14.2 Å². The summed E-state index contributed by atoms with van der Waals surface area (Å²) in [6, 6.07) is 9.38. The summed E-state index contributed by atoms with van der Waals surface area (Å²) >= 11 is 0. The van der Waals surface area contributed by atoms with Crippen molar-refractivity contribution in [1.29, 1.82) is 0 Å². The topological polar surface area (TPSA) is 71.5 Å². The van der Waals surface area contributed by atoms with Gasteiger partial charge in [-0.1, -0.05) is 32.0 Å². The maximum absolute atomic E-state index is 12.8. The molecule has 2 atom stereocenters. The second kappa shape index (κ2) is 12.4. The molecule has 7 heteroatoms. The van der Waals surface area contributed by atoms with Gasteiger partial charge in [0.15, 0.2) is 6.61 Å². The van der Waals surface area contributed by atoms with E-state index < -0.39 is 6.10 Å². The number of rotatable bonds is 11. The number of para-hydroxylation sites is 1.